The molecule has 1 amide bonds. The van der Waals surface area contributed by atoms with Crippen molar-refractivity contribution in [2.45, 2.75) is 0 Å². The molecule has 0 saturated carbocycles. The monoisotopic (exact) mass is 229 g/mol. The highest BCUT2D eigenvalue weighted by Crippen LogP contribution is 2.11. The Hall–Kier alpha value is -2.37. The molecule has 6 nitrogen and oxygen atoms in total. The topological polar surface area (TPSA) is 71.9 Å². The molecule has 0 saturated heterocycles. The van der Waals surface area contributed by atoms with Gasteiger partial charge in [-0.05, 0) is 6.07 Å². The smallest absolute Gasteiger partial charge is 0.256 e. The predicted octanol–water partition coefficient (Wildman–Crippen LogP) is 0.635. The summed E-state index contributed by atoms with van der Waals surface area (Å²) in [6.07, 6.45) is 6.15. The molecule has 17 heavy (non-hydrogen) atoms. The normalized spacial score (nSPS) is 10.0. The van der Waals surface area contributed by atoms with Gasteiger partial charge in [-0.15, -0.1) is 0 Å². The van der Waals surface area contributed by atoms with E-state index in [1.54, 1.807) is 32.6 Å². The van der Waals surface area contributed by atoms with E-state index in [2.05, 4.69) is 20.2 Å². The van der Waals surface area contributed by atoms with Gasteiger partial charge in [-0.3, -0.25) is 4.79 Å². The highest BCUT2D eigenvalue weighted by Gasteiger charge is 2.09. The number of hydrogen-bond acceptors (Lipinski definition) is 5. The molecule has 86 valence electrons. The molecule has 0 aliphatic rings. The molecule has 2 aromatic heterocycles. The Morgan fingerprint density at radius 1 is 1.12 bits per heavy atom. The van der Waals surface area contributed by atoms with Crippen LogP contribution in [0, 0.1) is 0 Å². The fourth-order valence-corrected chi connectivity index (χ4v) is 1.27. The van der Waals surface area contributed by atoms with Crippen LogP contribution < -0.4 is 0 Å². The van der Waals surface area contributed by atoms with Gasteiger partial charge in [0.25, 0.3) is 5.91 Å². The molecule has 2 rings (SSSR count). The first-order chi connectivity index (χ1) is 8.18. The van der Waals surface area contributed by atoms with E-state index in [9.17, 15) is 4.79 Å². The number of carbonyl (C=O) groups is 1. The van der Waals surface area contributed by atoms with Crippen molar-refractivity contribution in [3.63, 3.8) is 0 Å². The van der Waals surface area contributed by atoms with Crippen LogP contribution >= 0.6 is 0 Å². The molecule has 6 heteroatoms. The van der Waals surface area contributed by atoms with Crippen molar-refractivity contribution < 1.29 is 4.79 Å². The van der Waals surface area contributed by atoms with Crippen LogP contribution in [0.15, 0.2) is 30.9 Å². The van der Waals surface area contributed by atoms with Crippen LogP contribution in [0.25, 0.3) is 11.4 Å². The summed E-state index contributed by atoms with van der Waals surface area (Å²) in [5.41, 5.74) is 1.23. The molecule has 0 atom stereocenters. The van der Waals surface area contributed by atoms with Crippen LogP contribution in [0.4, 0.5) is 0 Å². The van der Waals surface area contributed by atoms with Crippen molar-refractivity contribution in [2.24, 2.45) is 0 Å². The summed E-state index contributed by atoms with van der Waals surface area (Å²) in [5, 5.41) is 7.42. The second-order valence-electron chi connectivity index (χ2n) is 3.63. The molecule has 0 fully saturated rings. The van der Waals surface area contributed by atoms with E-state index in [0.29, 0.717) is 11.4 Å². The fraction of sp³-hybridized carbons (Fsp3) is 0.182. The van der Waals surface area contributed by atoms with E-state index >= 15 is 0 Å². The minimum Gasteiger partial charge on any atom is -0.345 e. The zero-order valence-electron chi connectivity index (χ0n) is 9.53. The molecule has 0 aliphatic heterocycles. The Kier molecular flexibility index (Phi) is 3.04. The lowest BCUT2D eigenvalue weighted by atomic mass is 10.2. The molecule has 2 aromatic rings. The first kappa shape index (κ1) is 11.1. The Balaban J connectivity index is 2.28. The standard InChI is InChI=1S/C11H11N5O/c1-16(2)11(17)9-5-12-10(13-6-9)8-3-4-14-15-7-8/h3-7H,1-2H3. The van der Waals surface area contributed by atoms with Gasteiger partial charge in [-0.25, -0.2) is 9.97 Å². The number of hydrogen-bond donors (Lipinski definition) is 0. The lowest BCUT2D eigenvalue weighted by Crippen LogP contribution is -2.22. The number of carbonyl (C=O) groups excluding carboxylic acids is 1. The summed E-state index contributed by atoms with van der Waals surface area (Å²) in [7, 11) is 3.37. The van der Waals surface area contributed by atoms with Gasteiger partial charge in [-0.1, -0.05) is 0 Å². The van der Waals surface area contributed by atoms with E-state index < -0.39 is 0 Å². The summed E-state index contributed by atoms with van der Waals surface area (Å²) >= 11 is 0. The molecule has 0 bridgehead atoms. The Labute approximate surface area is 98.4 Å². The van der Waals surface area contributed by atoms with Gasteiger partial charge in [0.2, 0.25) is 0 Å². The van der Waals surface area contributed by atoms with Gasteiger partial charge >= 0.3 is 0 Å². The fourth-order valence-electron chi connectivity index (χ4n) is 1.27. The molecule has 0 aliphatic carbocycles. The van der Waals surface area contributed by atoms with Crippen LogP contribution in [0.1, 0.15) is 10.4 Å². The zero-order valence-corrected chi connectivity index (χ0v) is 9.53. The average Bonchev–Trinajstić information content (AvgIpc) is 2.39. The lowest BCUT2D eigenvalue weighted by molar-refractivity contribution is 0.0827. The minimum absolute atomic E-state index is 0.121. The molecule has 0 N–H and O–H groups in total. The van der Waals surface area contributed by atoms with Gasteiger partial charge in [-0.2, -0.15) is 10.2 Å². The summed E-state index contributed by atoms with van der Waals surface area (Å²) in [5.74, 6) is 0.402. The SMILES string of the molecule is CN(C)C(=O)c1cnc(-c2ccnnc2)nc1. The Bertz CT molecular complexity index is 509. The first-order valence-corrected chi connectivity index (χ1v) is 4.99. The van der Waals surface area contributed by atoms with Crippen LogP contribution in [0.3, 0.4) is 0 Å². The van der Waals surface area contributed by atoms with Gasteiger partial charge in [0.05, 0.1) is 18.0 Å². The summed E-state index contributed by atoms with van der Waals surface area (Å²) < 4.78 is 0. The second-order valence-corrected chi connectivity index (χ2v) is 3.63. The summed E-state index contributed by atoms with van der Waals surface area (Å²) in [6.45, 7) is 0. The van der Waals surface area contributed by atoms with E-state index in [-0.39, 0.29) is 5.91 Å². The summed E-state index contributed by atoms with van der Waals surface area (Å²) in [4.78, 5) is 21.3. The maximum absolute atomic E-state index is 11.6. The van der Waals surface area contributed by atoms with Crippen molar-refractivity contribution in [3.8, 4) is 11.4 Å². The van der Waals surface area contributed by atoms with Crippen LogP contribution in [-0.4, -0.2) is 45.1 Å². The maximum atomic E-state index is 11.6. The van der Waals surface area contributed by atoms with Crippen molar-refractivity contribution >= 4 is 5.91 Å². The maximum Gasteiger partial charge on any atom is 0.256 e. The number of aromatic nitrogens is 4. The summed E-state index contributed by atoms with van der Waals surface area (Å²) in [6, 6.07) is 1.76. The van der Waals surface area contributed by atoms with Gasteiger partial charge < -0.3 is 4.90 Å². The molecule has 0 aromatic carbocycles. The van der Waals surface area contributed by atoms with Crippen LogP contribution in [-0.2, 0) is 0 Å². The molecule has 0 unspecified atom stereocenters. The van der Waals surface area contributed by atoms with Crippen LogP contribution in [0.5, 0.6) is 0 Å². The highest BCUT2D eigenvalue weighted by molar-refractivity contribution is 5.93. The third-order valence-corrected chi connectivity index (χ3v) is 2.15. The number of rotatable bonds is 2. The Morgan fingerprint density at radius 3 is 2.35 bits per heavy atom. The number of nitrogens with zero attached hydrogens (tertiary/aromatic N) is 5. The largest absolute Gasteiger partial charge is 0.345 e. The minimum atomic E-state index is -0.121. The average molecular weight is 229 g/mol. The highest BCUT2D eigenvalue weighted by atomic mass is 16.2. The zero-order chi connectivity index (χ0) is 12.3. The van der Waals surface area contributed by atoms with Gasteiger partial charge in [0.1, 0.15) is 0 Å². The Morgan fingerprint density at radius 2 is 1.82 bits per heavy atom. The molecular weight excluding hydrogens is 218 g/mol. The van der Waals surface area contributed by atoms with Gasteiger partial charge in [0.15, 0.2) is 5.82 Å². The lowest BCUT2D eigenvalue weighted by Gasteiger charge is -2.09. The quantitative estimate of drug-likeness (QED) is 0.755. The van der Waals surface area contributed by atoms with Crippen LogP contribution in [0.2, 0.25) is 0 Å². The van der Waals surface area contributed by atoms with Crippen molar-refractivity contribution in [2.75, 3.05) is 14.1 Å². The third-order valence-electron chi connectivity index (χ3n) is 2.15. The van der Waals surface area contributed by atoms with Gasteiger partial charge in [0, 0.05) is 32.1 Å². The van der Waals surface area contributed by atoms with Crippen molar-refractivity contribution in [1.29, 1.82) is 0 Å². The second kappa shape index (κ2) is 4.65. The number of amides is 1. The van der Waals surface area contributed by atoms with Crippen molar-refractivity contribution in [3.05, 3.63) is 36.4 Å². The molecule has 0 radical (unpaired) electrons. The van der Waals surface area contributed by atoms with E-state index in [0.717, 1.165) is 5.56 Å². The van der Waals surface area contributed by atoms with E-state index in [1.165, 1.54) is 17.3 Å². The van der Waals surface area contributed by atoms with E-state index in [4.69, 9.17) is 0 Å². The van der Waals surface area contributed by atoms with E-state index in [1.807, 2.05) is 0 Å². The van der Waals surface area contributed by atoms with Crippen molar-refractivity contribution in [1.82, 2.24) is 25.1 Å². The first-order valence-electron chi connectivity index (χ1n) is 4.99. The molecule has 0 spiro atoms. The predicted molar refractivity (Wildman–Crippen MR) is 61.1 cm³/mol. The molecule has 2 heterocycles. The third kappa shape index (κ3) is 2.41. The molecular formula is C11H11N5O.